The van der Waals surface area contributed by atoms with E-state index in [0.717, 1.165) is 42.5 Å². The Hall–Kier alpha value is -1.82. The predicted octanol–water partition coefficient (Wildman–Crippen LogP) is 2.77. The minimum absolute atomic E-state index is 0. The molecule has 1 amide bonds. The summed E-state index contributed by atoms with van der Waals surface area (Å²) in [4.78, 5) is 12.2. The summed E-state index contributed by atoms with van der Waals surface area (Å²) in [5.41, 5.74) is 0.0229. The molecule has 0 saturated carbocycles. The summed E-state index contributed by atoms with van der Waals surface area (Å²) >= 11 is 0. The number of halogens is 1. The molecule has 1 heterocycles. The van der Waals surface area contributed by atoms with Crippen molar-refractivity contribution in [1.82, 2.24) is 10.6 Å². The van der Waals surface area contributed by atoms with E-state index in [1.165, 1.54) is 0 Å². The van der Waals surface area contributed by atoms with Crippen molar-refractivity contribution in [1.29, 1.82) is 0 Å². The lowest BCUT2D eigenvalue weighted by Gasteiger charge is -2.37. The van der Waals surface area contributed by atoms with Crippen LogP contribution in [0.1, 0.15) is 12.8 Å². The van der Waals surface area contributed by atoms with Gasteiger partial charge in [-0.25, -0.2) is 0 Å². The molecule has 3 rings (SSSR count). The Balaban J connectivity index is 0.00000243. The van der Waals surface area contributed by atoms with Gasteiger partial charge in [-0.2, -0.15) is 0 Å². The maximum atomic E-state index is 12.2. The van der Waals surface area contributed by atoms with Crippen molar-refractivity contribution in [3.63, 3.8) is 0 Å². The summed E-state index contributed by atoms with van der Waals surface area (Å²) < 4.78 is 11.1. The number of carbonyl (C=O) groups is 1. The number of methoxy groups -OCH3 is 1. The monoisotopic (exact) mass is 378 g/mol. The molecule has 0 atom stereocenters. The number of fused-ring (bicyclic) bond motifs is 1. The molecular weight excluding hydrogens is 352 g/mol. The standard InChI is InChI=1S/C20H26N2O3.ClH/c1-24-15-20(9-11-21-12-10-20)14-22-19(23)13-25-18-8-4-6-16-5-2-3-7-17(16)18;/h2-8,21H,9-15H2,1H3,(H,22,23);1H. The minimum Gasteiger partial charge on any atom is -0.483 e. The molecule has 1 saturated heterocycles. The smallest absolute Gasteiger partial charge is 0.257 e. The summed E-state index contributed by atoms with van der Waals surface area (Å²) in [6, 6.07) is 13.9. The Bertz CT molecular complexity index is 706. The van der Waals surface area contributed by atoms with E-state index in [2.05, 4.69) is 10.6 Å². The predicted molar refractivity (Wildman–Crippen MR) is 106 cm³/mol. The van der Waals surface area contributed by atoms with Gasteiger partial charge >= 0.3 is 0 Å². The van der Waals surface area contributed by atoms with Crippen molar-refractivity contribution in [3.8, 4) is 5.75 Å². The van der Waals surface area contributed by atoms with Crippen molar-refractivity contribution in [3.05, 3.63) is 42.5 Å². The van der Waals surface area contributed by atoms with Crippen LogP contribution in [0.25, 0.3) is 10.8 Å². The molecule has 0 radical (unpaired) electrons. The molecule has 5 nitrogen and oxygen atoms in total. The summed E-state index contributed by atoms with van der Waals surface area (Å²) in [6.07, 6.45) is 2.01. The van der Waals surface area contributed by atoms with Gasteiger partial charge in [-0.1, -0.05) is 36.4 Å². The third-order valence-electron chi connectivity index (χ3n) is 4.88. The number of ether oxygens (including phenoxy) is 2. The van der Waals surface area contributed by atoms with Gasteiger partial charge in [0.1, 0.15) is 5.75 Å². The number of piperidine rings is 1. The lowest BCUT2D eigenvalue weighted by Crippen LogP contribution is -2.47. The second kappa shape index (κ2) is 9.76. The van der Waals surface area contributed by atoms with E-state index < -0.39 is 0 Å². The van der Waals surface area contributed by atoms with Gasteiger partial charge in [-0.3, -0.25) is 4.79 Å². The largest absolute Gasteiger partial charge is 0.483 e. The second-order valence-corrected chi connectivity index (χ2v) is 6.73. The van der Waals surface area contributed by atoms with Crippen LogP contribution in [0.3, 0.4) is 0 Å². The zero-order chi connectivity index (χ0) is 17.5. The quantitative estimate of drug-likeness (QED) is 0.777. The Morgan fingerprint density at radius 3 is 2.65 bits per heavy atom. The third kappa shape index (κ3) is 5.10. The van der Waals surface area contributed by atoms with Gasteiger partial charge in [-0.05, 0) is 37.4 Å². The van der Waals surface area contributed by atoms with Crippen LogP contribution >= 0.6 is 12.4 Å². The molecule has 1 aliphatic heterocycles. The molecule has 2 aromatic rings. The van der Waals surface area contributed by atoms with Crippen molar-refractivity contribution in [2.45, 2.75) is 12.8 Å². The highest BCUT2D eigenvalue weighted by Gasteiger charge is 2.32. The van der Waals surface area contributed by atoms with Gasteiger partial charge in [-0.15, -0.1) is 12.4 Å². The summed E-state index contributed by atoms with van der Waals surface area (Å²) in [5, 5.41) is 8.51. The molecule has 0 unspecified atom stereocenters. The number of nitrogens with one attached hydrogen (secondary N) is 2. The fourth-order valence-corrected chi connectivity index (χ4v) is 3.44. The lowest BCUT2D eigenvalue weighted by atomic mass is 9.79. The zero-order valence-electron chi connectivity index (χ0n) is 15.1. The highest BCUT2D eigenvalue weighted by atomic mass is 35.5. The molecule has 0 bridgehead atoms. The van der Waals surface area contributed by atoms with E-state index in [1.807, 2.05) is 42.5 Å². The zero-order valence-corrected chi connectivity index (χ0v) is 15.9. The Kier molecular flexibility index (Phi) is 7.69. The molecule has 142 valence electrons. The van der Waals surface area contributed by atoms with Crippen molar-refractivity contribution in [2.24, 2.45) is 5.41 Å². The van der Waals surface area contributed by atoms with E-state index in [-0.39, 0.29) is 30.3 Å². The number of hydrogen-bond acceptors (Lipinski definition) is 4. The summed E-state index contributed by atoms with van der Waals surface area (Å²) in [6.45, 7) is 3.24. The van der Waals surface area contributed by atoms with Gasteiger partial charge in [0.25, 0.3) is 5.91 Å². The number of rotatable bonds is 7. The maximum absolute atomic E-state index is 12.2. The third-order valence-corrected chi connectivity index (χ3v) is 4.88. The van der Waals surface area contributed by atoms with Gasteiger partial charge < -0.3 is 20.1 Å². The molecular formula is C20H27ClN2O3. The first kappa shape index (κ1) is 20.5. The topological polar surface area (TPSA) is 59.6 Å². The van der Waals surface area contributed by atoms with Gasteiger partial charge in [0.05, 0.1) is 6.61 Å². The number of hydrogen-bond donors (Lipinski definition) is 2. The van der Waals surface area contributed by atoms with E-state index in [0.29, 0.717) is 13.2 Å². The fourth-order valence-electron chi connectivity index (χ4n) is 3.44. The second-order valence-electron chi connectivity index (χ2n) is 6.73. The first-order chi connectivity index (χ1) is 12.2. The Labute approximate surface area is 160 Å². The van der Waals surface area contributed by atoms with Crippen LogP contribution in [0.2, 0.25) is 0 Å². The normalized spacial score (nSPS) is 15.9. The summed E-state index contributed by atoms with van der Waals surface area (Å²) in [7, 11) is 1.72. The minimum atomic E-state index is -0.0954. The van der Waals surface area contributed by atoms with Crippen LogP contribution in [0.4, 0.5) is 0 Å². The van der Waals surface area contributed by atoms with Crippen LogP contribution in [-0.2, 0) is 9.53 Å². The highest BCUT2D eigenvalue weighted by Crippen LogP contribution is 2.28. The molecule has 1 aliphatic rings. The first-order valence-corrected chi connectivity index (χ1v) is 8.79. The van der Waals surface area contributed by atoms with Crippen LogP contribution < -0.4 is 15.4 Å². The van der Waals surface area contributed by atoms with Crippen LogP contribution in [0, 0.1) is 5.41 Å². The van der Waals surface area contributed by atoms with Crippen LogP contribution in [-0.4, -0.2) is 45.9 Å². The van der Waals surface area contributed by atoms with E-state index in [9.17, 15) is 4.79 Å². The Morgan fingerprint density at radius 1 is 1.15 bits per heavy atom. The van der Waals surface area contributed by atoms with Crippen LogP contribution in [0.15, 0.2) is 42.5 Å². The number of amides is 1. The van der Waals surface area contributed by atoms with Crippen molar-refractivity contribution >= 4 is 29.1 Å². The molecule has 26 heavy (non-hydrogen) atoms. The average molecular weight is 379 g/mol. The molecule has 2 N–H and O–H groups in total. The van der Waals surface area contributed by atoms with Crippen LogP contribution in [0.5, 0.6) is 5.75 Å². The summed E-state index contributed by atoms with van der Waals surface area (Å²) in [5.74, 6) is 0.642. The van der Waals surface area contributed by atoms with E-state index in [1.54, 1.807) is 7.11 Å². The maximum Gasteiger partial charge on any atom is 0.257 e. The molecule has 0 spiro atoms. The van der Waals surface area contributed by atoms with Gasteiger partial charge in [0.15, 0.2) is 6.61 Å². The Morgan fingerprint density at radius 2 is 1.88 bits per heavy atom. The molecule has 0 aliphatic carbocycles. The highest BCUT2D eigenvalue weighted by molar-refractivity contribution is 5.88. The van der Waals surface area contributed by atoms with E-state index >= 15 is 0 Å². The van der Waals surface area contributed by atoms with E-state index in [4.69, 9.17) is 9.47 Å². The SMILES string of the molecule is COCC1(CNC(=O)COc2cccc3ccccc23)CCNCC1.Cl. The van der Waals surface area contributed by atoms with Crippen molar-refractivity contribution in [2.75, 3.05) is 40.0 Å². The molecule has 6 heteroatoms. The first-order valence-electron chi connectivity index (χ1n) is 8.79. The van der Waals surface area contributed by atoms with Gasteiger partial charge in [0.2, 0.25) is 0 Å². The molecule has 0 aromatic heterocycles. The fraction of sp³-hybridized carbons (Fsp3) is 0.450. The number of carbonyl (C=O) groups excluding carboxylic acids is 1. The van der Waals surface area contributed by atoms with Crippen molar-refractivity contribution < 1.29 is 14.3 Å². The van der Waals surface area contributed by atoms with Gasteiger partial charge in [0, 0.05) is 24.5 Å². The molecule has 2 aromatic carbocycles. The number of benzene rings is 2. The molecule has 1 fully saturated rings. The average Bonchev–Trinajstić information content (AvgIpc) is 2.66. The lowest BCUT2D eigenvalue weighted by molar-refractivity contribution is -0.124.